The van der Waals surface area contributed by atoms with Gasteiger partial charge in [-0.2, -0.15) is 5.10 Å². The van der Waals surface area contributed by atoms with E-state index in [0.29, 0.717) is 6.04 Å². The number of hydrogen-bond donors (Lipinski definition) is 2. The zero-order valence-electron chi connectivity index (χ0n) is 12.6. The van der Waals surface area contributed by atoms with E-state index in [2.05, 4.69) is 22.0 Å². The number of aromatic amines is 1. The maximum absolute atomic E-state index is 10.8. The second kappa shape index (κ2) is 5.86. The standard InChI is InChI=1S/C16H27N3O/c1-13-11-17-18-15(13)14-7-3-6-10-19(14)12-16(20)8-4-2-5-9-16/h11,14,20H,2-10,12H2,1H3,(H,17,18). The quantitative estimate of drug-likeness (QED) is 0.893. The van der Waals surface area contributed by atoms with Crippen LogP contribution in [0, 0.1) is 6.92 Å². The van der Waals surface area contributed by atoms with E-state index in [1.54, 1.807) is 0 Å². The largest absolute Gasteiger partial charge is 0.389 e. The zero-order valence-corrected chi connectivity index (χ0v) is 12.6. The average Bonchev–Trinajstić information content (AvgIpc) is 2.86. The molecule has 1 aliphatic carbocycles. The molecule has 3 rings (SSSR count). The number of H-pyrrole nitrogens is 1. The molecule has 1 atom stereocenters. The average molecular weight is 277 g/mol. The highest BCUT2D eigenvalue weighted by molar-refractivity contribution is 5.18. The molecule has 20 heavy (non-hydrogen) atoms. The summed E-state index contributed by atoms with van der Waals surface area (Å²) in [4.78, 5) is 2.50. The Hall–Kier alpha value is -0.870. The molecule has 2 heterocycles. The maximum atomic E-state index is 10.8. The number of hydrogen-bond acceptors (Lipinski definition) is 3. The van der Waals surface area contributed by atoms with Crippen LogP contribution in [0.1, 0.15) is 68.7 Å². The number of piperidine rings is 1. The predicted octanol–water partition coefficient (Wildman–Crippen LogP) is 2.94. The smallest absolute Gasteiger partial charge is 0.0774 e. The molecule has 0 spiro atoms. The minimum atomic E-state index is -0.457. The highest BCUT2D eigenvalue weighted by Crippen LogP contribution is 2.36. The molecular formula is C16H27N3O. The van der Waals surface area contributed by atoms with Crippen LogP contribution in [0.25, 0.3) is 0 Å². The van der Waals surface area contributed by atoms with E-state index < -0.39 is 5.60 Å². The van der Waals surface area contributed by atoms with Crippen LogP contribution < -0.4 is 0 Å². The molecule has 4 nitrogen and oxygen atoms in total. The molecule has 1 saturated heterocycles. The molecule has 1 aromatic heterocycles. The van der Waals surface area contributed by atoms with Gasteiger partial charge in [-0.3, -0.25) is 10.00 Å². The Morgan fingerprint density at radius 3 is 2.80 bits per heavy atom. The zero-order chi connectivity index (χ0) is 14.0. The van der Waals surface area contributed by atoms with Gasteiger partial charge >= 0.3 is 0 Å². The summed E-state index contributed by atoms with van der Waals surface area (Å²) in [6.45, 7) is 4.06. The molecule has 112 valence electrons. The summed E-state index contributed by atoms with van der Waals surface area (Å²) in [7, 11) is 0. The number of β-amino-alcohol motifs (C(OH)–C–C–N with tert-alkyl or cyclic N) is 1. The fourth-order valence-corrected chi connectivity index (χ4v) is 3.95. The Balaban J connectivity index is 1.74. The molecule has 2 fully saturated rings. The van der Waals surface area contributed by atoms with Crippen LogP contribution in [-0.2, 0) is 0 Å². The molecule has 4 heteroatoms. The van der Waals surface area contributed by atoms with E-state index in [1.165, 1.54) is 49.8 Å². The van der Waals surface area contributed by atoms with Crippen LogP contribution in [-0.4, -0.2) is 38.9 Å². The number of rotatable bonds is 3. The number of nitrogens with zero attached hydrogens (tertiary/aromatic N) is 2. The molecule has 1 aromatic rings. The lowest BCUT2D eigenvalue weighted by molar-refractivity contribution is -0.0431. The van der Waals surface area contributed by atoms with Crippen LogP contribution in [0.5, 0.6) is 0 Å². The van der Waals surface area contributed by atoms with Crippen LogP contribution >= 0.6 is 0 Å². The third-order valence-electron chi connectivity index (χ3n) is 5.10. The van der Waals surface area contributed by atoms with Gasteiger partial charge in [0.2, 0.25) is 0 Å². The Morgan fingerprint density at radius 2 is 2.10 bits per heavy atom. The molecule has 1 saturated carbocycles. The number of aliphatic hydroxyl groups is 1. The van der Waals surface area contributed by atoms with E-state index in [0.717, 1.165) is 25.9 Å². The lowest BCUT2D eigenvalue weighted by Crippen LogP contribution is -2.47. The van der Waals surface area contributed by atoms with Gasteiger partial charge in [-0.25, -0.2) is 0 Å². The molecule has 2 aliphatic rings. The Morgan fingerprint density at radius 1 is 1.30 bits per heavy atom. The summed E-state index contributed by atoms with van der Waals surface area (Å²) in [5, 5.41) is 18.2. The third kappa shape index (κ3) is 2.91. The van der Waals surface area contributed by atoms with Crippen molar-refractivity contribution in [3.63, 3.8) is 0 Å². The number of likely N-dealkylation sites (tertiary alicyclic amines) is 1. The van der Waals surface area contributed by atoms with Crippen molar-refractivity contribution in [3.05, 3.63) is 17.5 Å². The van der Waals surface area contributed by atoms with Gasteiger partial charge in [-0.15, -0.1) is 0 Å². The molecule has 0 bridgehead atoms. The first-order valence-corrected chi connectivity index (χ1v) is 8.14. The van der Waals surface area contributed by atoms with Gasteiger partial charge in [0.05, 0.1) is 23.5 Å². The SMILES string of the molecule is Cc1cn[nH]c1C1CCCCN1CC1(O)CCCCC1. The summed E-state index contributed by atoms with van der Waals surface area (Å²) < 4.78 is 0. The van der Waals surface area contributed by atoms with Gasteiger partial charge in [0.15, 0.2) is 0 Å². The third-order valence-corrected chi connectivity index (χ3v) is 5.10. The van der Waals surface area contributed by atoms with E-state index in [-0.39, 0.29) is 0 Å². The minimum Gasteiger partial charge on any atom is -0.389 e. The van der Waals surface area contributed by atoms with Crippen LogP contribution in [0.2, 0.25) is 0 Å². The number of aromatic nitrogens is 2. The van der Waals surface area contributed by atoms with Crippen molar-refractivity contribution in [1.29, 1.82) is 0 Å². The molecule has 0 amide bonds. The van der Waals surface area contributed by atoms with Crippen LogP contribution in [0.15, 0.2) is 6.20 Å². The normalized spacial score (nSPS) is 27.6. The van der Waals surface area contributed by atoms with Crippen molar-refractivity contribution in [2.45, 2.75) is 69.9 Å². The Bertz CT molecular complexity index is 437. The molecule has 2 N–H and O–H groups in total. The highest BCUT2D eigenvalue weighted by atomic mass is 16.3. The first kappa shape index (κ1) is 14.1. The monoisotopic (exact) mass is 277 g/mol. The van der Waals surface area contributed by atoms with Crippen molar-refractivity contribution in [2.24, 2.45) is 0 Å². The van der Waals surface area contributed by atoms with E-state index in [1.807, 2.05) is 6.20 Å². The first-order valence-electron chi connectivity index (χ1n) is 8.14. The van der Waals surface area contributed by atoms with Crippen molar-refractivity contribution < 1.29 is 5.11 Å². The Labute approximate surface area is 121 Å². The molecular weight excluding hydrogens is 250 g/mol. The molecule has 1 unspecified atom stereocenters. The van der Waals surface area contributed by atoms with E-state index in [9.17, 15) is 5.11 Å². The van der Waals surface area contributed by atoms with E-state index >= 15 is 0 Å². The summed E-state index contributed by atoms with van der Waals surface area (Å²) in [6.07, 6.45) is 11.2. The van der Waals surface area contributed by atoms with Gasteiger partial charge in [0.25, 0.3) is 0 Å². The molecule has 0 radical (unpaired) electrons. The van der Waals surface area contributed by atoms with Gasteiger partial charge in [-0.05, 0) is 44.7 Å². The van der Waals surface area contributed by atoms with Gasteiger partial charge < -0.3 is 5.11 Å². The fraction of sp³-hybridized carbons (Fsp3) is 0.812. The van der Waals surface area contributed by atoms with Gasteiger partial charge in [0.1, 0.15) is 0 Å². The lowest BCUT2D eigenvalue weighted by Gasteiger charge is -2.42. The van der Waals surface area contributed by atoms with Crippen molar-refractivity contribution in [2.75, 3.05) is 13.1 Å². The number of aryl methyl sites for hydroxylation is 1. The minimum absolute atomic E-state index is 0.414. The predicted molar refractivity (Wildman–Crippen MR) is 79.5 cm³/mol. The summed E-state index contributed by atoms with van der Waals surface area (Å²) in [5.41, 5.74) is 2.04. The second-order valence-corrected chi connectivity index (χ2v) is 6.73. The van der Waals surface area contributed by atoms with Crippen LogP contribution in [0.4, 0.5) is 0 Å². The lowest BCUT2D eigenvalue weighted by atomic mass is 9.83. The van der Waals surface area contributed by atoms with Crippen molar-refractivity contribution in [3.8, 4) is 0 Å². The number of nitrogens with one attached hydrogen (secondary N) is 1. The first-order chi connectivity index (χ1) is 9.68. The summed E-state index contributed by atoms with van der Waals surface area (Å²) >= 11 is 0. The van der Waals surface area contributed by atoms with Crippen molar-refractivity contribution in [1.82, 2.24) is 15.1 Å². The highest BCUT2D eigenvalue weighted by Gasteiger charge is 2.35. The second-order valence-electron chi connectivity index (χ2n) is 6.73. The maximum Gasteiger partial charge on any atom is 0.0774 e. The van der Waals surface area contributed by atoms with Crippen LogP contribution in [0.3, 0.4) is 0 Å². The summed E-state index contributed by atoms with van der Waals surface area (Å²) in [6, 6.07) is 0.414. The summed E-state index contributed by atoms with van der Waals surface area (Å²) in [5.74, 6) is 0. The van der Waals surface area contributed by atoms with E-state index in [4.69, 9.17) is 0 Å². The van der Waals surface area contributed by atoms with Gasteiger partial charge in [-0.1, -0.05) is 25.7 Å². The Kier molecular flexibility index (Phi) is 4.13. The van der Waals surface area contributed by atoms with Gasteiger partial charge in [0, 0.05) is 6.54 Å². The van der Waals surface area contributed by atoms with Crippen molar-refractivity contribution >= 4 is 0 Å². The molecule has 0 aromatic carbocycles. The topological polar surface area (TPSA) is 52.2 Å². The molecule has 1 aliphatic heterocycles. The fourth-order valence-electron chi connectivity index (χ4n) is 3.95.